The average Bonchev–Trinajstić information content (AvgIpc) is 2.65. The molecule has 0 spiro atoms. The van der Waals surface area contributed by atoms with E-state index in [0.29, 0.717) is 17.7 Å². The maximum atomic E-state index is 11.6. The number of hydrogen-bond donors (Lipinski definition) is 1. The summed E-state index contributed by atoms with van der Waals surface area (Å²) in [5.74, 6) is -0.0509. The van der Waals surface area contributed by atoms with E-state index in [1.165, 1.54) is 0 Å². The smallest absolute Gasteiger partial charge is 0.222 e. The minimum Gasteiger partial charge on any atom is -0.330 e. The molecule has 15 heavy (non-hydrogen) atoms. The fourth-order valence-corrected chi connectivity index (χ4v) is 2.20. The largest absolute Gasteiger partial charge is 0.330 e. The van der Waals surface area contributed by atoms with Crippen LogP contribution in [0.15, 0.2) is 35.2 Å². The molecule has 1 aromatic carbocycles. The lowest BCUT2D eigenvalue weighted by Crippen LogP contribution is -2.28. The van der Waals surface area contributed by atoms with Crippen LogP contribution in [-0.4, -0.2) is 16.3 Å². The molecule has 1 heterocycles. The van der Waals surface area contributed by atoms with Crippen molar-refractivity contribution in [3.63, 3.8) is 0 Å². The molecule has 5 heteroatoms. The summed E-state index contributed by atoms with van der Waals surface area (Å²) in [6, 6.07) is 8.89. The zero-order chi connectivity index (χ0) is 10.7. The molecule has 0 saturated carbocycles. The van der Waals surface area contributed by atoms with E-state index in [1.807, 2.05) is 6.07 Å². The standard InChI is InChI=1S/C10H11NO3S/c12-9-6-7-10(11-9)14-15(13)8-4-2-1-3-5-8/h1-5,10H,6-7H2,(H,11,12). The first-order chi connectivity index (χ1) is 7.25. The summed E-state index contributed by atoms with van der Waals surface area (Å²) < 4.78 is 16.9. The van der Waals surface area contributed by atoms with Gasteiger partial charge < -0.3 is 5.32 Å². The number of hydrogen-bond acceptors (Lipinski definition) is 3. The molecular formula is C10H11NO3S. The molecule has 0 bridgehead atoms. The number of amides is 1. The summed E-state index contributed by atoms with van der Waals surface area (Å²) in [6.07, 6.45) is 0.604. The van der Waals surface area contributed by atoms with E-state index in [2.05, 4.69) is 5.32 Å². The van der Waals surface area contributed by atoms with Crippen LogP contribution in [0.1, 0.15) is 12.8 Å². The summed E-state index contributed by atoms with van der Waals surface area (Å²) in [7, 11) is 0. The molecule has 1 N–H and O–H groups in total. The van der Waals surface area contributed by atoms with Crippen LogP contribution in [0.2, 0.25) is 0 Å². The molecule has 0 radical (unpaired) electrons. The Bertz CT molecular complexity index is 380. The Kier molecular flexibility index (Phi) is 3.13. The summed E-state index contributed by atoms with van der Waals surface area (Å²) in [6.45, 7) is 0. The molecule has 2 unspecified atom stereocenters. The highest BCUT2D eigenvalue weighted by Crippen LogP contribution is 2.13. The fourth-order valence-electron chi connectivity index (χ4n) is 1.35. The third-order valence-corrected chi connectivity index (χ3v) is 3.16. The normalized spacial score (nSPS) is 22.4. The van der Waals surface area contributed by atoms with Crippen molar-refractivity contribution in [2.75, 3.05) is 0 Å². The summed E-state index contributed by atoms with van der Waals surface area (Å²) in [5.41, 5.74) is 0. The van der Waals surface area contributed by atoms with E-state index < -0.39 is 17.3 Å². The zero-order valence-electron chi connectivity index (χ0n) is 8.01. The maximum Gasteiger partial charge on any atom is 0.222 e. The SMILES string of the molecule is O=C1CCC(OS(=O)c2ccccc2)N1. The average molecular weight is 225 g/mol. The van der Waals surface area contributed by atoms with E-state index >= 15 is 0 Å². The second kappa shape index (κ2) is 4.55. The molecule has 0 aliphatic carbocycles. The van der Waals surface area contributed by atoms with Crippen molar-refractivity contribution in [2.45, 2.75) is 24.0 Å². The molecule has 1 aliphatic rings. The van der Waals surface area contributed by atoms with Gasteiger partial charge in [0.05, 0.1) is 4.90 Å². The van der Waals surface area contributed by atoms with Gasteiger partial charge in [-0.25, -0.2) is 4.21 Å². The minimum absolute atomic E-state index is 0.0509. The van der Waals surface area contributed by atoms with Crippen molar-refractivity contribution >= 4 is 17.0 Å². The maximum absolute atomic E-state index is 11.6. The summed E-state index contributed by atoms with van der Waals surface area (Å²) in [4.78, 5) is 11.5. The van der Waals surface area contributed by atoms with Crippen LogP contribution in [0.5, 0.6) is 0 Å². The first-order valence-corrected chi connectivity index (χ1v) is 5.76. The predicted octanol–water partition coefficient (Wildman–Crippen LogP) is 0.962. The number of benzene rings is 1. The monoisotopic (exact) mass is 225 g/mol. The highest BCUT2D eigenvalue weighted by Gasteiger charge is 2.23. The van der Waals surface area contributed by atoms with Crippen LogP contribution < -0.4 is 5.32 Å². The van der Waals surface area contributed by atoms with Crippen LogP contribution in [0.4, 0.5) is 0 Å². The van der Waals surface area contributed by atoms with Crippen molar-refractivity contribution < 1.29 is 13.2 Å². The van der Waals surface area contributed by atoms with Gasteiger partial charge >= 0.3 is 0 Å². The van der Waals surface area contributed by atoms with E-state index in [1.54, 1.807) is 24.3 Å². The van der Waals surface area contributed by atoms with Crippen molar-refractivity contribution in [2.24, 2.45) is 0 Å². The van der Waals surface area contributed by atoms with E-state index in [-0.39, 0.29) is 5.91 Å². The molecule has 1 aliphatic heterocycles. The molecule has 2 atom stereocenters. The Morgan fingerprint density at radius 3 is 2.67 bits per heavy atom. The Labute approximate surface area is 90.3 Å². The van der Waals surface area contributed by atoms with E-state index in [9.17, 15) is 9.00 Å². The van der Waals surface area contributed by atoms with Gasteiger partial charge in [-0.3, -0.25) is 8.98 Å². The van der Waals surface area contributed by atoms with Crippen LogP contribution in [0.25, 0.3) is 0 Å². The van der Waals surface area contributed by atoms with Crippen LogP contribution in [0.3, 0.4) is 0 Å². The topological polar surface area (TPSA) is 55.4 Å². The molecule has 1 fully saturated rings. The van der Waals surface area contributed by atoms with Gasteiger partial charge in [-0.1, -0.05) is 18.2 Å². The van der Waals surface area contributed by atoms with Crippen molar-refractivity contribution in [1.82, 2.24) is 5.32 Å². The van der Waals surface area contributed by atoms with Crippen molar-refractivity contribution in [3.05, 3.63) is 30.3 Å². The molecule has 0 aromatic heterocycles. The van der Waals surface area contributed by atoms with Crippen LogP contribution >= 0.6 is 0 Å². The highest BCUT2D eigenvalue weighted by molar-refractivity contribution is 7.80. The first-order valence-electron chi connectivity index (χ1n) is 4.69. The van der Waals surface area contributed by atoms with E-state index in [0.717, 1.165) is 0 Å². The van der Waals surface area contributed by atoms with Gasteiger partial charge in [-0.15, -0.1) is 0 Å². The number of carbonyl (C=O) groups excluding carboxylic acids is 1. The van der Waals surface area contributed by atoms with Gasteiger partial charge in [0.1, 0.15) is 6.23 Å². The van der Waals surface area contributed by atoms with Crippen LogP contribution in [0, 0.1) is 0 Å². The molecule has 2 rings (SSSR count). The third kappa shape index (κ3) is 2.64. The Balaban J connectivity index is 1.96. The first kappa shape index (κ1) is 10.3. The quantitative estimate of drug-likeness (QED) is 0.833. The van der Waals surface area contributed by atoms with Gasteiger partial charge in [0.2, 0.25) is 5.91 Å². The predicted molar refractivity (Wildman–Crippen MR) is 55.1 cm³/mol. The Morgan fingerprint density at radius 2 is 2.07 bits per heavy atom. The number of carbonyl (C=O) groups is 1. The number of rotatable bonds is 3. The van der Waals surface area contributed by atoms with E-state index in [4.69, 9.17) is 4.18 Å². The molecule has 1 saturated heterocycles. The minimum atomic E-state index is -1.50. The molecule has 4 nitrogen and oxygen atoms in total. The second-order valence-electron chi connectivity index (χ2n) is 3.24. The Morgan fingerprint density at radius 1 is 1.33 bits per heavy atom. The van der Waals surface area contributed by atoms with Crippen molar-refractivity contribution in [3.8, 4) is 0 Å². The molecule has 1 aromatic rings. The Hall–Kier alpha value is -1.20. The number of nitrogens with one attached hydrogen (secondary N) is 1. The lowest BCUT2D eigenvalue weighted by atomic mass is 10.4. The van der Waals surface area contributed by atoms with Gasteiger partial charge in [-0.05, 0) is 12.1 Å². The highest BCUT2D eigenvalue weighted by atomic mass is 32.2. The van der Waals surface area contributed by atoms with Gasteiger partial charge in [0.15, 0.2) is 11.1 Å². The zero-order valence-corrected chi connectivity index (χ0v) is 8.83. The fraction of sp³-hybridized carbons (Fsp3) is 0.300. The van der Waals surface area contributed by atoms with Crippen molar-refractivity contribution in [1.29, 1.82) is 0 Å². The van der Waals surface area contributed by atoms with Gasteiger partial charge in [0.25, 0.3) is 0 Å². The second-order valence-corrected chi connectivity index (χ2v) is 4.37. The lowest BCUT2D eigenvalue weighted by molar-refractivity contribution is -0.119. The van der Waals surface area contributed by atoms with Gasteiger partial charge in [0, 0.05) is 12.8 Å². The molecule has 1 amide bonds. The molecule has 80 valence electrons. The lowest BCUT2D eigenvalue weighted by Gasteiger charge is -2.09. The molecular weight excluding hydrogens is 214 g/mol. The van der Waals surface area contributed by atoms with Gasteiger partial charge in [-0.2, -0.15) is 0 Å². The van der Waals surface area contributed by atoms with Crippen LogP contribution in [-0.2, 0) is 20.1 Å². The summed E-state index contributed by atoms with van der Waals surface area (Å²) in [5, 5.41) is 2.60. The third-order valence-electron chi connectivity index (χ3n) is 2.09. The summed E-state index contributed by atoms with van der Waals surface area (Å²) >= 11 is -1.50.